The van der Waals surface area contributed by atoms with Crippen molar-refractivity contribution in [2.75, 3.05) is 5.75 Å². The number of aromatic nitrogens is 3. The van der Waals surface area contributed by atoms with Crippen molar-refractivity contribution < 1.29 is 0 Å². The molecule has 1 aliphatic rings. The van der Waals surface area contributed by atoms with Crippen LogP contribution in [0.2, 0.25) is 0 Å². The lowest BCUT2D eigenvalue weighted by Gasteiger charge is -2.23. The largest absolute Gasteiger partial charge is 0.297 e. The number of nitrogens with one attached hydrogen (secondary N) is 2. The maximum Gasteiger partial charge on any atom is 0.183 e. The molecule has 0 bridgehead atoms. The summed E-state index contributed by atoms with van der Waals surface area (Å²) in [5.74, 6) is 1.01. The molecule has 1 aromatic heterocycles. The number of H-pyrrole nitrogens is 1. The molecule has 2 N–H and O–H groups in total. The summed E-state index contributed by atoms with van der Waals surface area (Å²) >= 11 is 1.68. The zero-order valence-corrected chi connectivity index (χ0v) is 11.5. The van der Waals surface area contributed by atoms with E-state index in [2.05, 4.69) is 26.6 Å². The van der Waals surface area contributed by atoms with Crippen LogP contribution >= 0.6 is 11.8 Å². The minimum absolute atomic E-state index is 0.349. The molecule has 6 heteroatoms. The highest BCUT2D eigenvalue weighted by atomic mass is 32.2. The Kier molecular flexibility index (Phi) is 4.61. The van der Waals surface area contributed by atoms with E-state index in [1.165, 1.54) is 19.2 Å². The van der Waals surface area contributed by atoms with Crippen molar-refractivity contribution >= 4 is 11.8 Å². The molecule has 1 heterocycles. The van der Waals surface area contributed by atoms with Gasteiger partial charge in [0.25, 0.3) is 0 Å². The molecule has 0 aromatic carbocycles. The van der Waals surface area contributed by atoms with E-state index in [0.717, 1.165) is 30.2 Å². The Labute approximate surface area is 112 Å². The van der Waals surface area contributed by atoms with Crippen molar-refractivity contribution in [3.63, 3.8) is 0 Å². The van der Waals surface area contributed by atoms with Gasteiger partial charge >= 0.3 is 0 Å². The average molecular weight is 265 g/mol. The molecule has 0 aliphatic heterocycles. The van der Waals surface area contributed by atoms with E-state index in [0.29, 0.717) is 6.04 Å². The van der Waals surface area contributed by atoms with E-state index in [1.54, 1.807) is 11.8 Å². The first kappa shape index (κ1) is 13.4. The van der Waals surface area contributed by atoms with Gasteiger partial charge in [-0.2, -0.15) is 10.4 Å². The molecule has 0 saturated heterocycles. The summed E-state index contributed by atoms with van der Waals surface area (Å²) in [6.45, 7) is 2.01. The fourth-order valence-electron chi connectivity index (χ4n) is 1.85. The van der Waals surface area contributed by atoms with Crippen LogP contribution in [0.15, 0.2) is 11.5 Å². The molecule has 98 valence electrons. The normalized spacial score (nSPS) is 18.2. The topological polar surface area (TPSA) is 77.4 Å². The minimum Gasteiger partial charge on any atom is -0.297 e. The van der Waals surface area contributed by atoms with Gasteiger partial charge in [0.15, 0.2) is 5.16 Å². The van der Waals surface area contributed by atoms with Crippen LogP contribution in [0.5, 0.6) is 0 Å². The average Bonchev–Trinajstić information content (AvgIpc) is 3.01. The number of hydrogen-bond acceptors (Lipinski definition) is 5. The van der Waals surface area contributed by atoms with Crippen molar-refractivity contribution in [3.05, 3.63) is 6.33 Å². The van der Waals surface area contributed by atoms with Crippen LogP contribution < -0.4 is 5.32 Å². The maximum absolute atomic E-state index is 9.23. The first-order chi connectivity index (χ1) is 8.72. The van der Waals surface area contributed by atoms with Gasteiger partial charge in [0.1, 0.15) is 11.9 Å². The molecule has 1 saturated carbocycles. The van der Waals surface area contributed by atoms with Crippen LogP contribution in [0.4, 0.5) is 0 Å². The molecule has 1 unspecified atom stereocenters. The van der Waals surface area contributed by atoms with Gasteiger partial charge in [0.05, 0.1) is 6.07 Å². The number of nitrogens with zero attached hydrogens (tertiary/aromatic N) is 3. The molecular weight excluding hydrogens is 246 g/mol. The van der Waals surface area contributed by atoms with Crippen LogP contribution in [-0.4, -0.2) is 32.5 Å². The third-order valence-electron chi connectivity index (χ3n) is 3.05. The van der Waals surface area contributed by atoms with Gasteiger partial charge in [-0.3, -0.25) is 10.4 Å². The Bertz CT molecular complexity index is 395. The van der Waals surface area contributed by atoms with Crippen molar-refractivity contribution in [1.82, 2.24) is 20.5 Å². The third kappa shape index (κ3) is 4.31. The summed E-state index contributed by atoms with van der Waals surface area (Å²) < 4.78 is 0. The standard InChI is InChI=1S/C12H19N5S/c1-12(8-13,16-10-4-5-10)6-2-3-7-18-11-14-9-15-17-11/h9-10,16H,2-7H2,1H3,(H,14,15,17). The second kappa shape index (κ2) is 6.21. The molecule has 18 heavy (non-hydrogen) atoms. The summed E-state index contributed by atoms with van der Waals surface area (Å²) in [7, 11) is 0. The smallest absolute Gasteiger partial charge is 0.183 e. The predicted octanol–water partition coefficient (Wildman–Crippen LogP) is 2.10. The lowest BCUT2D eigenvalue weighted by molar-refractivity contribution is 0.402. The zero-order valence-electron chi connectivity index (χ0n) is 10.6. The highest BCUT2D eigenvalue weighted by molar-refractivity contribution is 7.99. The Balaban J connectivity index is 1.60. The second-order valence-corrected chi connectivity index (χ2v) is 6.04. The number of thioether (sulfide) groups is 1. The van der Waals surface area contributed by atoms with Crippen LogP contribution in [0, 0.1) is 11.3 Å². The van der Waals surface area contributed by atoms with E-state index < -0.39 is 0 Å². The molecule has 1 aliphatic carbocycles. The van der Waals surface area contributed by atoms with E-state index in [9.17, 15) is 5.26 Å². The van der Waals surface area contributed by atoms with E-state index in [-0.39, 0.29) is 5.54 Å². The number of rotatable bonds is 8. The van der Waals surface area contributed by atoms with Gasteiger partial charge in [-0.15, -0.1) is 0 Å². The number of hydrogen-bond donors (Lipinski definition) is 2. The minimum atomic E-state index is -0.349. The predicted molar refractivity (Wildman–Crippen MR) is 71.1 cm³/mol. The number of aromatic amines is 1. The fraction of sp³-hybridized carbons (Fsp3) is 0.750. The summed E-state index contributed by atoms with van der Waals surface area (Å²) in [4.78, 5) is 4.06. The zero-order chi connectivity index (χ0) is 12.8. The highest BCUT2D eigenvalue weighted by Gasteiger charge is 2.31. The molecule has 5 nitrogen and oxygen atoms in total. The van der Waals surface area contributed by atoms with Gasteiger partial charge in [0.2, 0.25) is 0 Å². The number of nitriles is 1. The molecule has 1 fully saturated rings. The van der Waals surface area contributed by atoms with Crippen LogP contribution in [0.25, 0.3) is 0 Å². The fourth-order valence-corrected chi connectivity index (χ4v) is 2.63. The summed E-state index contributed by atoms with van der Waals surface area (Å²) in [5.41, 5.74) is -0.349. The third-order valence-corrected chi connectivity index (χ3v) is 4.01. The van der Waals surface area contributed by atoms with E-state index in [4.69, 9.17) is 0 Å². The first-order valence-electron chi connectivity index (χ1n) is 6.39. The molecule has 0 radical (unpaired) electrons. The lowest BCUT2D eigenvalue weighted by atomic mass is 9.96. The quantitative estimate of drug-likeness (QED) is 0.556. The Morgan fingerprint density at radius 3 is 3.06 bits per heavy atom. The van der Waals surface area contributed by atoms with Gasteiger partial charge in [-0.05, 0) is 39.0 Å². The van der Waals surface area contributed by atoms with Crippen molar-refractivity contribution in [3.8, 4) is 6.07 Å². The van der Waals surface area contributed by atoms with E-state index >= 15 is 0 Å². The summed E-state index contributed by atoms with van der Waals surface area (Å²) in [6.07, 6.45) is 7.03. The Morgan fingerprint density at radius 2 is 2.44 bits per heavy atom. The van der Waals surface area contributed by atoms with Crippen LogP contribution in [-0.2, 0) is 0 Å². The van der Waals surface area contributed by atoms with Crippen molar-refractivity contribution in [2.45, 2.75) is 55.8 Å². The molecular formula is C12H19N5S. The SMILES string of the molecule is CC(C#N)(CCCCSc1ncn[nH]1)NC1CC1. The van der Waals surface area contributed by atoms with Gasteiger partial charge in [-0.25, -0.2) is 4.98 Å². The highest BCUT2D eigenvalue weighted by Crippen LogP contribution is 2.25. The van der Waals surface area contributed by atoms with Crippen molar-refractivity contribution in [1.29, 1.82) is 5.26 Å². The van der Waals surface area contributed by atoms with Crippen LogP contribution in [0.1, 0.15) is 39.0 Å². The van der Waals surface area contributed by atoms with E-state index in [1.807, 2.05) is 6.92 Å². The Hall–Kier alpha value is -1.06. The maximum atomic E-state index is 9.23. The molecule has 0 spiro atoms. The lowest BCUT2D eigenvalue weighted by Crippen LogP contribution is -2.42. The van der Waals surface area contributed by atoms with Gasteiger partial charge in [0, 0.05) is 11.8 Å². The summed E-state index contributed by atoms with van der Waals surface area (Å²) in [6, 6.07) is 2.99. The van der Waals surface area contributed by atoms with Crippen LogP contribution in [0.3, 0.4) is 0 Å². The Morgan fingerprint density at radius 1 is 1.61 bits per heavy atom. The first-order valence-corrected chi connectivity index (χ1v) is 7.37. The molecule has 2 rings (SSSR count). The number of unbranched alkanes of at least 4 members (excludes halogenated alkanes) is 1. The molecule has 1 atom stereocenters. The second-order valence-electron chi connectivity index (χ2n) is 4.96. The summed E-state index contributed by atoms with van der Waals surface area (Å²) in [5, 5.41) is 20.2. The monoisotopic (exact) mass is 265 g/mol. The van der Waals surface area contributed by atoms with Gasteiger partial charge in [-0.1, -0.05) is 11.8 Å². The molecule has 0 amide bonds. The molecule has 1 aromatic rings. The van der Waals surface area contributed by atoms with Gasteiger partial charge < -0.3 is 0 Å². The van der Waals surface area contributed by atoms with Crippen molar-refractivity contribution in [2.24, 2.45) is 0 Å².